The van der Waals surface area contributed by atoms with Crippen LogP contribution in [0, 0.1) is 13.8 Å². The molecule has 0 saturated carbocycles. The Labute approximate surface area is 163 Å². The molecular weight excluding hydrogens is 364 g/mol. The molecule has 0 N–H and O–H groups in total. The molecule has 4 rings (SSSR count). The monoisotopic (exact) mass is 386 g/mol. The molecule has 0 bridgehead atoms. The lowest BCUT2D eigenvalue weighted by atomic mass is 10.2. The summed E-state index contributed by atoms with van der Waals surface area (Å²) in [4.78, 5) is 16.9. The normalized spacial score (nSPS) is 15.1. The summed E-state index contributed by atoms with van der Waals surface area (Å²) in [6, 6.07) is 8.09. The van der Waals surface area contributed by atoms with Crippen molar-refractivity contribution in [3.8, 4) is 0 Å². The Morgan fingerprint density at radius 3 is 2.42 bits per heavy atom. The van der Waals surface area contributed by atoms with Crippen LogP contribution in [-0.2, 0) is 6.42 Å². The van der Waals surface area contributed by atoms with Gasteiger partial charge in [-0.05, 0) is 31.5 Å². The SMILES string of the molecule is CCc1nc(N2CCN(c3ccccc3Cl)CC2)c2c(C)c(C)sc2n1. The van der Waals surface area contributed by atoms with Gasteiger partial charge < -0.3 is 9.80 Å². The molecule has 136 valence electrons. The van der Waals surface area contributed by atoms with Gasteiger partial charge in [-0.1, -0.05) is 30.7 Å². The van der Waals surface area contributed by atoms with Crippen LogP contribution < -0.4 is 9.80 Å². The molecule has 1 aliphatic rings. The van der Waals surface area contributed by atoms with Gasteiger partial charge in [0.15, 0.2) is 0 Å². The predicted octanol–water partition coefficient (Wildman–Crippen LogP) is 4.85. The number of aryl methyl sites for hydroxylation is 3. The molecule has 0 amide bonds. The van der Waals surface area contributed by atoms with Crippen LogP contribution in [-0.4, -0.2) is 36.1 Å². The van der Waals surface area contributed by atoms with Gasteiger partial charge in [0, 0.05) is 37.5 Å². The predicted molar refractivity (Wildman–Crippen MR) is 112 cm³/mol. The number of hydrogen-bond acceptors (Lipinski definition) is 5. The van der Waals surface area contributed by atoms with Crippen LogP contribution in [0.15, 0.2) is 24.3 Å². The molecule has 1 aromatic carbocycles. The van der Waals surface area contributed by atoms with Crippen molar-refractivity contribution in [2.75, 3.05) is 36.0 Å². The molecule has 1 aliphatic heterocycles. The molecule has 0 atom stereocenters. The molecule has 1 saturated heterocycles. The van der Waals surface area contributed by atoms with Crippen molar-refractivity contribution in [3.05, 3.63) is 45.6 Å². The third-order valence-electron chi connectivity index (χ3n) is 5.14. The number of halogens is 1. The number of aromatic nitrogens is 2. The molecule has 0 aliphatic carbocycles. The first-order valence-electron chi connectivity index (χ1n) is 9.09. The van der Waals surface area contributed by atoms with Crippen LogP contribution in [0.4, 0.5) is 11.5 Å². The second kappa shape index (κ2) is 7.05. The Hall–Kier alpha value is -1.85. The number of piperazine rings is 1. The second-order valence-electron chi connectivity index (χ2n) is 6.71. The first kappa shape index (κ1) is 17.6. The van der Waals surface area contributed by atoms with Gasteiger partial charge in [-0.15, -0.1) is 11.3 Å². The smallest absolute Gasteiger partial charge is 0.141 e. The number of nitrogens with zero attached hydrogens (tertiary/aromatic N) is 4. The molecule has 1 fully saturated rings. The molecule has 0 unspecified atom stereocenters. The van der Waals surface area contributed by atoms with E-state index in [-0.39, 0.29) is 0 Å². The summed E-state index contributed by atoms with van der Waals surface area (Å²) in [5.74, 6) is 2.04. The largest absolute Gasteiger partial charge is 0.367 e. The Bertz CT molecular complexity index is 944. The van der Waals surface area contributed by atoms with Crippen LogP contribution in [0.1, 0.15) is 23.2 Å². The summed E-state index contributed by atoms with van der Waals surface area (Å²) in [5.41, 5.74) is 2.44. The summed E-state index contributed by atoms with van der Waals surface area (Å²) < 4.78 is 0. The first-order chi connectivity index (χ1) is 12.6. The molecule has 2 aromatic heterocycles. The van der Waals surface area contributed by atoms with Crippen molar-refractivity contribution in [1.29, 1.82) is 0 Å². The highest BCUT2D eigenvalue weighted by atomic mass is 35.5. The quantitative estimate of drug-likeness (QED) is 0.644. The Balaban J connectivity index is 1.64. The van der Waals surface area contributed by atoms with Gasteiger partial charge in [0.25, 0.3) is 0 Å². The lowest BCUT2D eigenvalue weighted by Gasteiger charge is -2.37. The van der Waals surface area contributed by atoms with Gasteiger partial charge in [0.2, 0.25) is 0 Å². The van der Waals surface area contributed by atoms with E-state index in [0.29, 0.717) is 0 Å². The van der Waals surface area contributed by atoms with Gasteiger partial charge in [-0.25, -0.2) is 9.97 Å². The molecule has 0 radical (unpaired) electrons. The molecule has 0 spiro atoms. The van der Waals surface area contributed by atoms with E-state index in [2.05, 4.69) is 36.6 Å². The molecule has 4 nitrogen and oxygen atoms in total. The van der Waals surface area contributed by atoms with E-state index >= 15 is 0 Å². The maximum absolute atomic E-state index is 6.38. The summed E-state index contributed by atoms with van der Waals surface area (Å²) in [5, 5.41) is 2.05. The topological polar surface area (TPSA) is 32.3 Å². The third-order valence-corrected chi connectivity index (χ3v) is 6.57. The van der Waals surface area contributed by atoms with E-state index in [0.717, 1.165) is 59.8 Å². The summed E-state index contributed by atoms with van der Waals surface area (Å²) >= 11 is 8.16. The van der Waals surface area contributed by atoms with Crippen molar-refractivity contribution in [2.24, 2.45) is 0 Å². The maximum Gasteiger partial charge on any atom is 0.141 e. The van der Waals surface area contributed by atoms with Crippen LogP contribution in [0.25, 0.3) is 10.2 Å². The number of benzene rings is 1. The van der Waals surface area contributed by atoms with E-state index in [9.17, 15) is 0 Å². The third kappa shape index (κ3) is 3.03. The number of para-hydroxylation sites is 1. The molecule has 3 aromatic rings. The first-order valence-corrected chi connectivity index (χ1v) is 10.3. The van der Waals surface area contributed by atoms with Crippen molar-refractivity contribution in [2.45, 2.75) is 27.2 Å². The maximum atomic E-state index is 6.38. The molecule has 26 heavy (non-hydrogen) atoms. The highest BCUT2D eigenvalue weighted by Gasteiger charge is 2.24. The number of hydrogen-bond donors (Lipinski definition) is 0. The van der Waals surface area contributed by atoms with Crippen molar-refractivity contribution >= 4 is 44.7 Å². The van der Waals surface area contributed by atoms with Crippen molar-refractivity contribution in [1.82, 2.24) is 9.97 Å². The standard InChI is InChI=1S/C20H23ClN4S/c1-4-17-22-19(18-13(2)14(3)26-20(18)23-17)25-11-9-24(10-12-25)16-8-6-5-7-15(16)21/h5-8H,4,9-12H2,1-3H3. The number of anilines is 2. The van der Waals surface area contributed by atoms with Gasteiger partial charge in [0.05, 0.1) is 16.1 Å². The fourth-order valence-electron chi connectivity index (χ4n) is 3.53. The van der Waals surface area contributed by atoms with Crippen LogP contribution in [0.3, 0.4) is 0 Å². The van der Waals surface area contributed by atoms with E-state index in [1.54, 1.807) is 11.3 Å². The van der Waals surface area contributed by atoms with Gasteiger partial charge >= 0.3 is 0 Å². The Morgan fingerprint density at radius 2 is 1.73 bits per heavy atom. The van der Waals surface area contributed by atoms with E-state index in [4.69, 9.17) is 21.6 Å². The van der Waals surface area contributed by atoms with Crippen LogP contribution in [0.2, 0.25) is 5.02 Å². The minimum Gasteiger partial charge on any atom is -0.367 e. The summed E-state index contributed by atoms with van der Waals surface area (Å²) in [7, 11) is 0. The highest BCUT2D eigenvalue weighted by Crippen LogP contribution is 2.36. The number of thiophene rings is 1. The summed E-state index contributed by atoms with van der Waals surface area (Å²) in [6.45, 7) is 10.2. The molecule has 6 heteroatoms. The number of rotatable bonds is 3. The Kier molecular flexibility index (Phi) is 4.76. The summed E-state index contributed by atoms with van der Waals surface area (Å²) in [6.07, 6.45) is 0.860. The zero-order chi connectivity index (χ0) is 18.3. The van der Waals surface area contributed by atoms with E-state index in [1.165, 1.54) is 15.8 Å². The molecular formula is C20H23ClN4S. The van der Waals surface area contributed by atoms with Gasteiger partial charge in [-0.3, -0.25) is 0 Å². The fourth-order valence-corrected chi connectivity index (χ4v) is 4.82. The average molecular weight is 387 g/mol. The zero-order valence-electron chi connectivity index (χ0n) is 15.4. The average Bonchev–Trinajstić information content (AvgIpc) is 2.95. The van der Waals surface area contributed by atoms with Crippen LogP contribution in [0.5, 0.6) is 0 Å². The lowest BCUT2D eigenvalue weighted by Crippen LogP contribution is -2.47. The van der Waals surface area contributed by atoms with Gasteiger partial charge in [-0.2, -0.15) is 0 Å². The number of fused-ring (bicyclic) bond motifs is 1. The van der Waals surface area contributed by atoms with Crippen molar-refractivity contribution < 1.29 is 0 Å². The zero-order valence-corrected chi connectivity index (χ0v) is 17.0. The minimum atomic E-state index is 0.822. The fraction of sp³-hybridized carbons (Fsp3) is 0.400. The van der Waals surface area contributed by atoms with E-state index in [1.807, 2.05) is 18.2 Å². The van der Waals surface area contributed by atoms with E-state index < -0.39 is 0 Å². The Morgan fingerprint density at radius 1 is 1.04 bits per heavy atom. The minimum absolute atomic E-state index is 0.822. The van der Waals surface area contributed by atoms with Crippen LogP contribution >= 0.6 is 22.9 Å². The highest BCUT2D eigenvalue weighted by molar-refractivity contribution is 7.18. The second-order valence-corrected chi connectivity index (χ2v) is 8.32. The van der Waals surface area contributed by atoms with Crippen molar-refractivity contribution in [3.63, 3.8) is 0 Å². The lowest BCUT2D eigenvalue weighted by molar-refractivity contribution is 0.647. The van der Waals surface area contributed by atoms with Gasteiger partial charge in [0.1, 0.15) is 16.5 Å². The molecule has 3 heterocycles.